The van der Waals surface area contributed by atoms with E-state index in [0.717, 1.165) is 31.8 Å². The van der Waals surface area contributed by atoms with Crippen LogP contribution in [0.3, 0.4) is 0 Å². The molecule has 6 nitrogen and oxygen atoms in total. The van der Waals surface area contributed by atoms with Crippen LogP contribution in [0.15, 0.2) is 35.8 Å². The van der Waals surface area contributed by atoms with Gasteiger partial charge in [0.2, 0.25) is 0 Å². The van der Waals surface area contributed by atoms with Gasteiger partial charge in [-0.15, -0.1) is 0 Å². The van der Waals surface area contributed by atoms with Crippen molar-refractivity contribution in [3.05, 3.63) is 57.0 Å². The number of nitrogens with zero attached hydrogens (tertiary/aromatic N) is 3. The molecule has 0 radical (unpaired) electrons. The van der Waals surface area contributed by atoms with Crippen LogP contribution in [0.4, 0.5) is 0 Å². The third kappa shape index (κ3) is 2.06. The molecular weight excluding hydrogens is 282 g/mol. The van der Waals surface area contributed by atoms with Crippen molar-refractivity contribution in [3.8, 4) is 0 Å². The number of hydrogen-bond donors (Lipinski definition) is 0. The quantitative estimate of drug-likeness (QED) is 0.632. The molecule has 1 aromatic carbocycles. The summed E-state index contributed by atoms with van der Waals surface area (Å²) in [5.41, 5.74) is 2.65. The fourth-order valence-electron chi connectivity index (χ4n) is 3.67. The Morgan fingerprint density at radius 1 is 1.27 bits per heavy atom. The van der Waals surface area contributed by atoms with Gasteiger partial charge in [0, 0.05) is 19.6 Å². The number of hydrogen-bond acceptors (Lipinski definition) is 5. The van der Waals surface area contributed by atoms with E-state index in [9.17, 15) is 10.1 Å². The van der Waals surface area contributed by atoms with Crippen LogP contribution in [-0.2, 0) is 11.3 Å². The van der Waals surface area contributed by atoms with Crippen molar-refractivity contribution in [2.75, 3.05) is 13.1 Å². The summed E-state index contributed by atoms with van der Waals surface area (Å²) in [5.74, 6) is 0.782. The monoisotopic (exact) mass is 301 g/mol. The van der Waals surface area contributed by atoms with Crippen molar-refractivity contribution in [2.24, 2.45) is 0 Å². The lowest BCUT2D eigenvalue weighted by Gasteiger charge is -2.32. The van der Waals surface area contributed by atoms with Crippen molar-refractivity contribution < 1.29 is 9.66 Å². The maximum atomic E-state index is 11.5. The molecule has 3 heterocycles. The molecule has 2 fully saturated rings. The molecule has 116 valence electrons. The first-order chi connectivity index (χ1) is 10.6. The maximum Gasteiger partial charge on any atom is 0.314 e. The molecule has 0 N–H and O–H groups in total. The minimum Gasteiger partial charge on any atom is -0.347 e. The van der Waals surface area contributed by atoms with Gasteiger partial charge in [-0.25, -0.2) is 0 Å². The molecule has 0 amide bonds. The average Bonchev–Trinajstić information content (AvgIpc) is 3.08. The summed E-state index contributed by atoms with van der Waals surface area (Å²) in [7, 11) is 0. The number of nitro groups is 1. The topological polar surface area (TPSA) is 58.9 Å². The summed E-state index contributed by atoms with van der Waals surface area (Å²) < 4.78 is 5.80. The van der Waals surface area contributed by atoms with Crippen LogP contribution in [0.25, 0.3) is 0 Å². The average molecular weight is 301 g/mol. The SMILES string of the molecule is Cc1ccc(CN2CCN3C2=C([N+](=O)[O-])[C@H]2CC[C@@H]3O2)cc1. The molecule has 2 bridgehead atoms. The maximum absolute atomic E-state index is 11.5. The fourth-order valence-corrected chi connectivity index (χ4v) is 3.67. The smallest absolute Gasteiger partial charge is 0.314 e. The zero-order chi connectivity index (χ0) is 15.3. The van der Waals surface area contributed by atoms with Crippen molar-refractivity contribution in [1.29, 1.82) is 0 Å². The highest BCUT2D eigenvalue weighted by molar-refractivity contribution is 5.25. The van der Waals surface area contributed by atoms with Crippen molar-refractivity contribution in [2.45, 2.75) is 38.6 Å². The van der Waals surface area contributed by atoms with Crippen LogP contribution >= 0.6 is 0 Å². The molecule has 3 aliphatic heterocycles. The highest BCUT2D eigenvalue weighted by atomic mass is 16.6. The number of benzene rings is 1. The van der Waals surface area contributed by atoms with Gasteiger partial charge in [-0.3, -0.25) is 10.1 Å². The minimum atomic E-state index is -0.343. The van der Waals surface area contributed by atoms with E-state index in [1.54, 1.807) is 0 Å². The summed E-state index contributed by atoms with van der Waals surface area (Å²) in [6, 6.07) is 8.36. The first-order valence-electron chi connectivity index (χ1n) is 7.74. The van der Waals surface area contributed by atoms with Crippen LogP contribution in [-0.4, -0.2) is 40.1 Å². The Kier molecular flexibility index (Phi) is 3.07. The second-order valence-electron chi connectivity index (χ2n) is 6.22. The Hall–Kier alpha value is -2.08. The summed E-state index contributed by atoms with van der Waals surface area (Å²) in [5, 5.41) is 11.5. The number of fused-ring (bicyclic) bond motifs is 4. The van der Waals surface area contributed by atoms with E-state index < -0.39 is 0 Å². The van der Waals surface area contributed by atoms with Crippen LogP contribution in [0.1, 0.15) is 24.0 Å². The molecule has 4 rings (SSSR count). The number of rotatable bonds is 3. The largest absolute Gasteiger partial charge is 0.347 e. The molecule has 0 aliphatic carbocycles. The Morgan fingerprint density at radius 3 is 2.77 bits per heavy atom. The van der Waals surface area contributed by atoms with Gasteiger partial charge in [-0.2, -0.15) is 0 Å². The molecule has 22 heavy (non-hydrogen) atoms. The lowest BCUT2D eigenvalue weighted by Crippen LogP contribution is -2.41. The number of aryl methyl sites for hydroxylation is 1. The molecule has 6 heteroatoms. The van der Waals surface area contributed by atoms with Crippen molar-refractivity contribution >= 4 is 0 Å². The molecule has 0 saturated carbocycles. The highest BCUT2D eigenvalue weighted by Crippen LogP contribution is 2.41. The zero-order valence-electron chi connectivity index (χ0n) is 12.6. The van der Waals surface area contributed by atoms with Crippen LogP contribution in [0.2, 0.25) is 0 Å². The Bertz CT molecular complexity index is 641. The van der Waals surface area contributed by atoms with E-state index in [2.05, 4.69) is 41.0 Å². The van der Waals surface area contributed by atoms with Crippen LogP contribution < -0.4 is 0 Å². The van der Waals surface area contributed by atoms with Crippen LogP contribution in [0.5, 0.6) is 0 Å². The Labute approximate surface area is 129 Å². The van der Waals surface area contributed by atoms with E-state index in [-0.39, 0.29) is 23.0 Å². The highest BCUT2D eigenvalue weighted by Gasteiger charge is 2.50. The van der Waals surface area contributed by atoms with Crippen molar-refractivity contribution in [3.63, 3.8) is 0 Å². The summed E-state index contributed by atoms with van der Waals surface area (Å²) in [6.45, 7) is 4.39. The van der Waals surface area contributed by atoms with Crippen LogP contribution in [0, 0.1) is 17.0 Å². The molecule has 2 saturated heterocycles. The van der Waals surface area contributed by atoms with Gasteiger partial charge < -0.3 is 14.5 Å². The number of ether oxygens (including phenoxy) is 1. The zero-order valence-corrected chi connectivity index (χ0v) is 12.6. The molecule has 2 atom stereocenters. The predicted octanol–water partition coefficient (Wildman–Crippen LogP) is 2.08. The predicted molar refractivity (Wildman–Crippen MR) is 80.2 cm³/mol. The fraction of sp³-hybridized carbons (Fsp3) is 0.500. The minimum absolute atomic E-state index is 0.0201. The van der Waals surface area contributed by atoms with E-state index in [0.29, 0.717) is 6.54 Å². The molecule has 0 aromatic heterocycles. The van der Waals surface area contributed by atoms with Gasteiger partial charge in [0.15, 0.2) is 11.9 Å². The van der Waals surface area contributed by atoms with Gasteiger partial charge in [0.05, 0.1) is 4.92 Å². The first-order valence-corrected chi connectivity index (χ1v) is 7.74. The summed E-state index contributed by atoms with van der Waals surface area (Å²) >= 11 is 0. The molecule has 3 aliphatic rings. The van der Waals surface area contributed by atoms with E-state index >= 15 is 0 Å². The first kappa shape index (κ1) is 13.6. The lowest BCUT2D eigenvalue weighted by atomic mass is 10.1. The van der Waals surface area contributed by atoms with Gasteiger partial charge in [-0.1, -0.05) is 29.8 Å². The van der Waals surface area contributed by atoms with E-state index in [1.165, 1.54) is 11.1 Å². The molecule has 0 spiro atoms. The second kappa shape index (κ2) is 4.98. The van der Waals surface area contributed by atoms with Gasteiger partial charge in [-0.05, 0) is 25.3 Å². The van der Waals surface area contributed by atoms with Gasteiger partial charge >= 0.3 is 5.70 Å². The Balaban J connectivity index is 1.67. The third-order valence-electron chi connectivity index (χ3n) is 4.75. The standard InChI is InChI=1S/C16H19N3O3/c1-11-2-4-12(5-3-11)10-17-8-9-18-14-7-6-13(22-14)15(16(17)18)19(20)21/h2-5,13-14H,6-10H2,1H3/t13-,14+/m1/s1. The molecule has 0 unspecified atom stereocenters. The van der Waals surface area contributed by atoms with Gasteiger partial charge in [0.25, 0.3) is 0 Å². The molecular formula is C16H19N3O3. The van der Waals surface area contributed by atoms with Gasteiger partial charge in [0.1, 0.15) is 6.23 Å². The van der Waals surface area contributed by atoms with Crippen molar-refractivity contribution in [1.82, 2.24) is 9.80 Å². The van der Waals surface area contributed by atoms with E-state index in [1.807, 2.05) is 0 Å². The van der Waals surface area contributed by atoms with E-state index in [4.69, 9.17) is 4.74 Å². The lowest BCUT2D eigenvalue weighted by molar-refractivity contribution is -0.443. The second-order valence-corrected chi connectivity index (χ2v) is 6.22. The molecule has 1 aromatic rings. The normalized spacial score (nSPS) is 26.6. The Morgan fingerprint density at radius 2 is 2.05 bits per heavy atom. The summed E-state index contributed by atoms with van der Waals surface area (Å²) in [4.78, 5) is 15.5. The third-order valence-corrected chi connectivity index (χ3v) is 4.75. The summed E-state index contributed by atoms with van der Waals surface area (Å²) in [6.07, 6.45) is 1.31.